The van der Waals surface area contributed by atoms with Crippen LogP contribution in [0.25, 0.3) is 0 Å². The summed E-state index contributed by atoms with van der Waals surface area (Å²) in [6, 6.07) is 7.69. The molecule has 5 heteroatoms. The van der Waals surface area contributed by atoms with Crippen LogP contribution in [0, 0.1) is 0 Å². The van der Waals surface area contributed by atoms with Crippen LogP contribution in [0.5, 0.6) is 5.75 Å². The monoisotopic (exact) mass is 289 g/mol. The van der Waals surface area contributed by atoms with Crippen molar-refractivity contribution in [1.82, 2.24) is 9.80 Å². The molecule has 1 aromatic rings. The van der Waals surface area contributed by atoms with Gasteiger partial charge >= 0.3 is 0 Å². The summed E-state index contributed by atoms with van der Waals surface area (Å²) in [6.45, 7) is 4.19. The molecule has 0 spiro atoms. The molecule has 3 rings (SSSR count). The van der Waals surface area contributed by atoms with Gasteiger partial charge in [-0.25, -0.2) is 0 Å². The highest BCUT2D eigenvalue weighted by atomic mass is 16.5. The number of ether oxygens (including phenoxy) is 1. The number of benzene rings is 1. The van der Waals surface area contributed by atoms with Crippen LogP contribution in [0.15, 0.2) is 24.3 Å². The maximum Gasteiger partial charge on any atom is 0.260 e. The van der Waals surface area contributed by atoms with Gasteiger partial charge in [0.1, 0.15) is 5.75 Å². The first kappa shape index (κ1) is 14.2. The van der Waals surface area contributed by atoms with Crippen molar-refractivity contribution in [3.8, 4) is 5.75 Å². The summed E-state index contributed by atoms with van der Waals surface area (Å²) in [6.07, 6.45) is 3.68. The highest BCUT2D eigenvalue weighted by molar-refractivity contribution is 5.78. The van der Waals surface area contributed by atoms with Crippen molar-refractivity contribution in [2.45, 2.75) is 25.3 Å². The first-order valence-corrected chi connectivity index (χ1v) is 7.72. The fourth-order valence-corrected chi connectivity index (χ4v) is 3.17. The van der Waals surface area contributed by atoms with Gasteiger partial charge < -0.3 is 15.4 Å². The molecule has 0 saturated carbocycles. The maximum atomic E-state index is 12.2. The molecule has 0 aromatic heterocycles. The Balaban J connectivity index is 1.46. The number of rotatable bonds is 4. The van der Waals surface area contributed by atoms with Gasteiger partial charge in [-0.3, -0.25) is 9.69 Å². The molecule has 5 nitrogen and oxygen atoms in total. The number of amides is 1. The zero-order chi connectivity index (χ0) is 14.7. The van der Waals surface area contributed by atoms with Gasteiger partial charge in [-0.05, 0) is 56.6 Å². The third kappa shape index (κ3) is 3.47. The lowest BCUT2D eigenvalue weighted by Crippen LogP contribution is -2.38. The number of nitrogens with zero attached hydrogens (tertiary/aromatic N) is 2. The summed E-state index contributed by atoms with van der Waals surface area (Å²) in [5.41, 5.74) is 6.32. The van der Waals surface area contributed by atoms with E-state index in [9.17, 15) is 4.79 Å². The molecular weight excluding hydrogens is 266 g/mol. The lowest BCUT2D eigenvalue weighted by Gasteiger charge is -2.23. The van der Waals surface area contributed by atoms with Gasteiger partial charge in [-0.2, -0.15) is 0 Å². The smallest absolute Gasteiger partial charge is 0.260 e. The lowest BCUT2D eigenvalue weighted by atomic mass is 10.2. The Morgan fingerprint density at radius 1 is 1.19 bits per heavy atom. The van der Waals surface area contributed by atoms with Crippen molar-refractivity contribution in [2.24, 2.45) is 0 Å². The third-order valence-corrected chi connectivity index (χ3v) is 4.42. The Morgan fingerprint density at radius 3 is 2.62 bits per heavy atom. The molecule has 0 radical (unpaired) electrons. The molecule has 1 atom stereocenters. The van der Waals surface area contributed by atoms with E-state index >= 15 is 0 Å². The average molecular weight is 289 g/mol. The summed E-state index contributed by atoms with van der Waals surface area (Å²) in [7, 11) is 0. The van der Waals surface area contributed by atoms with Crippen molar-refractivity contribution in [2.75, 3.05) is 38.5 Å². The first-order chi connectivity index (χ1) is 10.2. The summed E-state index contributed by atoms with van der Waals surface area (Å²) in [5, 5.41) is 0. The number of nitrogen functional groups attached to an aromatic ring is 1. The van der Waals surface area contributed by atoms with Crippen LogP contribution in [-0.2, 0) is 4.79 Å². The summed E-state index contributed by atoms with van der Waals surface area (Å²) >= 11 is 0. The molecule has 2 aliphatic rings. The summed E-state index contributed by atoms with van der Waals surface area (Å²) < 4.78 is 5.54. The second kappa shape index (κ2) is 6.35. The highest BCUT2D eigenvalue weighted by Crippen LogP contribution is 2.20. The number of hydrogen-bond acceptors (Lipinski definition) is 4. The zero-order valence-corrected chi connectivity index (χ0v) is 12.3. The Labute approximate surface area is 125 Å². The van der Waals surface area contributed by atoms with Gasteiger partial charge in [-0.1, -0.05) is 0 Å². The van der Waals surface area contributed by atoms with Gasteiger partial charge in [0.2, 0.25) is 0 Å². The Bertz CT molecular complexity index is 483. The second-order valence-corrected chi connectivity index (χ2v) is 5.88. The average Bonchev–Trinajstić information content (AvgIpc) is 3.17. The van der Waals surface area contributed by atoms with Crippen LogP contribution in [-0.4, -0.2) is 54.5 Å². The van der Waals surface area contributed by atoms with E-state index < -0.39 is 0 Å². The van der Waals surface area contributed by atoms with Gasteiger partial charge in [-0.15, -0.1) is 0 Å². The summed E-state index contributed by atoms with van der Waals surface area (Å²) in [4.78, 5) is 16.7. The molecule has 0 bridgehead atoms. The van der Waals surface area contributed by atoms with E-state index in [1.165, 1.54) is 25.9 Å². The number of likely N-dealkylation sites (tertiary alicyclic amines) is 2. The van der Waals surface area contributed by atoms with Gasteiger partial charge in [0.15, 0.2) is 6.61 Å². The largest absolute Gasteiger partial charge is 0.484 e. The normalized spacial score (nSPS) is 22.7. The predicted octanol–water partition coefficient (Wildman–Crippen LogP) is 1.34. The summed E-state index contributed by atoms with van der Waals surface area (Å²) in [5.74, 6) is 0.765. The van der Waals surface area contributed by atoms with E-state index in [-0.39, 0.29) is 12.5 Å². The second-order valence-electron chi connectivity index (χ2n) is 5.88. The molecule has 1 amide bonds. The van der Waals surface area contributed by atoms with Crippen molar-refractivity contribution in [1.29, 1.82) is 0 Å². The number of nitrogens with two attached hydrogens (primary N) is 1. The zero-order valence-electron chi connectivity index (χ0n) is 12.3. The molecule has 2 saturated heterocycles. The molecule has 2 heterocycles. The topological polar surface area (TPSA) is 58.8 Å². The number of anilines is 1. The third-order valence-electron chi connectivity index (χ3n) is 4.42. The predicted molar refractivity (Wildman–Crippen MR) is 82.1 cm³/mol. The van der Waals surface area contributed by atoms with Crippen LogP contribution in [0.4, 0.5) is 5.69 Å². The SMILES string of the molecule is Nc1ccc(OCC(=O)N2CCC(N3CCCC3)C2)cc1. The van der Waals surface area contributed by atoms with E-state index in [1.807, 2.05) is 4.90 Å². The Kier molecular flexibility index (Phi) is 4.29. The Hall–Kier alpha value is -1.75. The van der Waals surface area contributed by atoms with Gasteiger partial charge in [0.25, 0.3) is 5.91 Å². The standard InChI is InChI=1S/C16H23N3O2/c17-13-3-5-15(6-4-13)21-12-16(20)19-10-7-14(11-19)18-8-1-2-9-18/h3-6,14H,1-2,7-12,17H2. The van der Waals surface area contributed by atoms with Crippen molar-refractivity contribution < 1.29 is 9.53 Å². The number of hydrogen-bond donors (Lipinski definition) is 1. The molecule has 1 aromatic carbocycles. The fourth-order valence-electron chi connectivity index (χ4n) is 3.17. The number of carbonyl (C=O) groups is 1. The molecule has 0 aliphatic carbocycles. The van der Waals surface area contributed by atoms with Crippen LogP contribution in [0.1, 0.15) is 19.3 Å². The van der Waals surface area contributed by atoms with E-state index in [0.717, 1.165) is 19.5 Å². The van der Waals surface area contributed by atoms with E-state index in [4.69, 9.17) is 10.5 Å². The van der Waals surface area contributed by atoms with Crippen LogP contribution in [0.2, 0.25) is 0 Å². The van der Waals surface area contributed by atoms with Crippen LogP contribution < -0.4 is 10.5 Å². The minimum absolute atomic E-state index is 0.0773. The van der Waals surface area contributed by atoms with Crippen molar-refractivity contribution >= 4 is 11.6 Å². The molecule has 2 fully saturated rings. The lowest BCUT2D eigenvalue weighted by molar-refractivity contribution is -0.132. The number of carbonyl (C=O) groups excluding carboxylic acids is 1. The Morgan fingerprint density at radius 2 is 1.90 bits per heavy atom. The fraction of sp³-hybridized carbons (Fsp3) is 0.562. The molecule has 21 heavy (non-hydrogen) atoms. The molecule has 114 valence electrons. The van der Waals surface area contributed by atoms with Gasteiger partial charge in [0.05, 0.1) is 0 Å². The van der Waals surface area contributed by atoms with Crippen molar-refractivity contribution in [3.63, 3.8) is 0 Å². The maximum absolute atomic E-state index is 12.2. The minimum atomic E-state index is 0.0773. The van der Waals surface area contributed by atoms with E-state index in [0.29, 0.717) is 17.5 Å². The van der Waals surface area contributed by atoms with Gasteiger partial charge in [0, 0.05) is 24.8 Å². The van der Waals surface area contributed by atoms with Crippen LogP contribution >= 0.6 is 0 Å². The first-order valence-electron chi connectivity index (χ1n) is 7.72. The molecule has 2 N–H and O–H groups in total. The van der Waals surface area contributed by atoms with Crippen molar-refractivity contribution in [3.05, 3.63) is 24.3 Å². The molecule has 2 aliphatic heterocycles. The minimum Gasteiger partial charge on any atom is -0.484 e. The van der Waals surface area contributed by atoms with E-state index in [1.54, 1.807) is 24.3 Å². The highest BCUT2D eigenvalue weighted by Gasteiger charge is 2.31. The van der Waals surface area contributed by atoms with Crippen LogP contribution in [0.3, 0.4) is 0 Å². The molecular formula is C16H23N3O2. The molecule has 1 unspecified atom stereocenters. The quantitative estimate of drug-likeness (QED) is 0.850. The van der Waals surface area contributed by atoms with E-state index in [2.05, 4.69) is 4.90 Å².